The van der Waals surface area contributed by atoms with Gasteiger partial charge in [0.2, 0.25) is 0 Å². The van der Waals surface area contributed by atoms with E-state index in [1.807, 2.05) is 0 Å². The van der Waals surface area contributed by atoms with Crippen molar-refractivity contribution in [3.05, 3.63) is 35.8 Å². The molecule has 7 heteroatoms. The topological polar surface area (TPSA) is 76.3 Å². The molecule has 0 unspecified atom stereocenters. The van der Waals surface area contributed by atoms with Gasteiger partial charge >= 0.3 is 0 Å². The fourth-order valence-corrected chi connectivity index (χ4v) is 3.66. The van der Waals surface area contributed by atoms with Gasteiger partial charge < -0.3 is 5.73 Å². The van der Waals surface area contributed by atoms with Gasteiger partial charge in [0.05, 0.1) is 0 Å². The number of hydrogen-bond acceptors (Lipinski definition) is 5. The number of anilines is 2. The van der Waals surface area contributed by atoms with Gasteiger partial charge in [-0.25, -0.2) is 13.4 Å². The van der Waals surface area contributed by atoms with E-state index in [-0.39, 0.29) is 4.21 Å². The highest BCUT2D eigenvalue weighted by Crippen LogP contribution is 2.26. The molecule has 2 aromatic rings. The zero-order chi connectivity index (χ0) is 12.5. The van der Waals surface area contributed by atoms with Crippen molar-refractivity contribution in [1.82, 2.24) is 4.98 Å². The van der Waals surface area contributed by atoms with Crippen LogP contribution in [-0.2, 0) is 10.0 Å². The molecule has 0 aliphatic rings. The van der Waals surface area contributed by atoms with Crippen molar-refractivity contribution >= 4 is 32.9 Å². The van der Waals surface area contributed by atoms with Crippen LogP contribution < -0.4 is 10.0 Å². The van der Waals surface area contributed by atoms with Gasteiger partial charge in [-0.15, -0.1) is 11.3 Å². The van der Waals surface area contributed by atoms with E-state index in [0.717, 1.165) is 15.6 Å². The minimum Gasteiger partial charge on any atom is -0.398 e. The Kier molecular flexibility index (Phi) is 3.03. The summed E-state index contributed by atoms with van der Waals surface area (Å²) in [5.41, 5.74) is 5.97. The van der Waals surface area contributed by atoms with E-state index >= 15 is 0 Å². The van der Waals surface area contributed by atoms with Crippen molar-refractivity contribution in [3.8, 4) is 0 Å². The van der Waals surface area contributed by atoms with Crippen LogP contribution in [0, 0.1) is 0 Å². The molecule has 0 aliphatic heterocycles. The third-order valence-corrected chi connectivity index (χ3v) is 5.38. The van der Waals surface area contributed by atoms with Crippen LogP contribution in [0.3, 0.4) is 0 Å². The third-order valence-electron chi connectivity index (χ3n) is 2.18. The van der Waals surface area contributed by atoms with E-state index < -0.39 is 10.0 Å². The molecular weight excluding hydrogens is 258 g/mol. The first kappa shape index (κ1) is 11.9. The van der Waals surface area contributed by atoms with Crippen LogP contribution in [0.2, 0.25) is 0 Å². The molecule has 0 amide bonds. The van der Waals surface area contributed by atoms with Crippen LogP contribution in [0.4, 0.5) is 11.5 Å². The summed E-state index contributed by atoms with van der Waals surface area (Å²) in [5.74, 6) is 0.375. The molecular formula is C10H11N3O2S2. The number of nitrogens with two attached hydrogens (primary N) is 1. The van der Waals surface area contributed by atoms with E-state index in [1.165, 1.54) is 13.1 Å². The third kappa shape index (κ3) is 2.25. The van der Waals surface area contributed by atoms with Crippen LogP contribution >= 0.6 is 11.3 Å². The van der Waals surface area contributed by atoms with E-state index in [9.17, 15) is 8.42 Å². The molecule has 2 rings (SSSR count). The van der Waals surface area contributed by atoms with Crippen molar-refractivity contribution in [1.29, 1.82) is 0 Å². The van der Waals surface area contributed by atoms with Gasteiger partial charge in [-0.2, -0.15) is 0 Å². The molecule has 0 radical (unpaired) electrons. The summed E-state index contributed by atoms with van der Waals surface area (Å²) in [4.78, 5) is 4.00. The second-order valence-electron chi connectivity index (χ2n) is 3.36. The Morgan fingerprint density at radius 2 is 2.18 bits per heavy atom. The number of nitrogens with zero attached hydrogens (tertiary/aromatic N) is 2. The Labute approximate surface area is 104 Å². The van der Waals surface area contributed by atoms with Gasteiger partial charge in [0, 0.05) is 24.3 Å². The summed E-state index contributed by atoms with van der Waals surface area (Å²) >= 11 is 1.10. The maximum Gasteiger partial charge on any atom is 0.274 e. The first-order valence-corrected chi connectivity index (χ1v) is 7.08. The lowest BCUT2D eigenvalue weighted by atomic mass is 10.5. The number of nitrogen functional groups attached to an aromatic ring is 1. The quantitative estimate of drug-likeness (QED) is 0.917. The van der Waals surface area contributed by atoms with Crippen molar-refractivity contribution in [2.24, 2.45) is 0 Å². The van der Waals surface area contributed by atoms with Crippen LogP contribution in [0.5, 0.6) is 0 Å². The summed E-state index contributed by atoms with van der Waals surface area (Å²) in [5, 5.41) is 1.60. The number of thiophene rings is 1. The van der Waals surface area contributed by atoms with Gasteiger partial charge in [-0.05, 0) is 18.2 Å². The molecule has 0 saturated heterocycles. The smallest absolute Gasteiger partial charge is 0.274 e. The largest absolute Gasteiger partial charge is 0.398 e. The van der Waals surface area contributed by atoms with E-state index in [0.29, 0.717) is 11.5 Å². The number of rotatable bonds is 3. The van der Waals surface area contributed by atoms with E-state index in [1.54, 1.807) is 29.8 Å². The van der Waals surface area contributed by atoms with Gasteiger partial charge in [-0.3, -0.25) is 4.31 Å². The molecule has 0 aliphatic carbocycles. The lowest BCUT2D eigenvalue weighted by molar-refractivity contribution is 0.596. The molecule has 17 heavy (non-hydrogen) atoms. The van der Waals surface area contributed by atoms with Gasteiger partial charge in [0.15, 0.2) is 0 Å². The summed E-state index contributed by atoms with van der Waals surface area (Å²) in [6, 6.07) is 6.54. The van der Waals surface area contributed by atoms with Crippen molar-refractivity contribution < 1.29 is 8.42 Å². The average Bonchev–Trinajstić information content (AvgIpc) is 2.77. The van der Waals surface area contributed by atoms with Crippen molar-refractivity contribution in [3.63, 3.8) is 0 Å². The molecule has 2 aromatic heterocycles. The molecule has 5 nitrogen and oxygen atoms in total. The maximum absolute atomic E-state index is 12.2. The molecule has 0 fully saturated rings. The minimum atomic E-state index is -3.56. The molecule has 0 bridgehead atoms. The second kappa shape index (κ2) is 4.34. The zero-order valence-electron chi connectivity index (χ0n) is 9.07. The first-order valence-electron chi connectivity index (χ1n) is 4.76. The standard InChI is InChI=1S/C10H11N3O2S2/c1-13(9-4-2-3-5-12-9)17(14,15)10-6-8(11)7-16-10/h2-7H,11H2,1H3. The van der Waals surface area contributed by atoms with Crippen LogP contribution in [-0.4, -0.2) is 20.4 Å². The highest BCUT2D eigenvalue weighted by Gasteiger charge is 2.23. The molecule has 90 valence electrons. The minimum absolute atomic E-state index is 0.211. The number of hydrogen-bond donors (Lipinski definition) is 1. The van der Waals surface area contributed by atoms with Gasteiger partial charge in [-0.1, -0.05) is 6.07 Å². The highest BCUT2D eigenvalue weighted by atomic mass is 32.2. The fourth-order valence-electron chi connectivity index (χ4n) is 1.26. The predicted octanol–water partition coefficient (Wildman–Crippen LogP) is 1.55. The second-order valence-corrected chi connectivity index (χ2v) is 6.47. The lowest BCUT2D eigenvalue weighted by Crippen LogP contribution is -2.26. The number of aromatic nitrogens is 1. The molecule has 0 atom stereocenters. The Morgan fingerprint density at radius 3 is 2.71 bits per heavy atom. The summed E-state index contributed by atoms with van der Waals surface area (Å²) in [6.07, 6.45) is 1.55. The fraction of sp³-hybridized carbons (Fsp3) is 0.100. The van der Waals surface area contributed by atoms with Crippen molar-refractivity contribution in [2.75, 3.05) is 17.1 Å². The Balaban J connectivity index is 2.40. The zero-order valence-corrected chi connectivity index (χ0v) is 10.7. The van der Waals surface area contributed by atoms with Crippen LogP contribution in [0.25, 0.3) is 0 Å². The lowest BCUT2D eigenvalue weighted by Gasteiger charge is -2.16. The first-order chi connectivity index (χ1) is 8.01. The molecule has 0 aromatic carbocycles. The average molecular weight is 269 g/mol. The molecule has 0 saturated carbocycles. The normalized spacial score (nSPS) is 11.4. The summed E-state index contributed by atoms with van der Waals surface area (Å²) < 4.78 is 25.7. The summed E-state index contributed by atoms with van der Waals surface area (Å²) in [7, 11) is -2.10. The highest BCUT2D eigenvalue weighted by molar-refractivity contribution is 7.94. The van der Waals surface area contributed by atoms with E-state index in [2.05, 4.69) is 4.98 Å². The van der Waals surface area contributed by atoms with Crippen LogP contribution in [0.15, 0.2) is 40.1 Å². The predicted molar refractivity (Wildman–Crippen MR) is 68.6 cm³/mol. The Hall–Kier alpha value is -1.60. The van der Waals surface area contributed by atoms with Crippen molar-refractivity contribution in [2.45, 2.75) is 4.21 Å². The Morgan fingerprint density at radius 1 is 1.41 bits per heavy atom. The monoisotopic (exact) mass is 269 g/mol. The molecule has 2 heterocycles. The number of pyridine rings is 1. The number of sulfonamides is 1. The van der Waals surface area contributed by atoms with E-state index in [4.69, 9.17) is 5.73 Å². The Bertz CT molecular complexity index is 607. The van der Waals surface area contributed by atoms with Crippen LogP contribution in [0.1, 0.15) is 0 Å². The van der Waals surface area contributed by atoms with Gasteiger partial charge in [0.1, 0.15) is 10.0 Å². The molecule has 2 N–H and O–H groups in total. The summed E-state index contributed by atoms with van der Waals surface area (Å²) in [6.45, 7) is 0. The SMILES string of the molecule is CN(c1ccccn1)S(=O)(=O)c1cc(N)cs1. The molecule has 0 spiro atoms. The maximum atomic E-state index is 12.2. The van der Waals surface area contributed by atoms with Gasteiger partial charge in [0.25, 0.3) is 10.0 Å².